The number of nitrogens with one attached hydrogen (secondary N) is 1. The molecule has 0 bridgehead atoms. The van der Waals surface area contributed by atoms with Crippen LogP contribution in [0.15, 0.2) is 39.4 Å². The van der Waals surface area contributed by atoms with Gasteiger partial charge >= 0.3 is 0 Å². The maximum Gasteiger partial charge on any atom is 0.0972 e. The molecule has 4 nitrogen and oxygen atoms in total. The van der Waals surface area contributed by atoms with Gasteiger partial charge in [-0.25, -0.2) is 0 Å². The summed E-state index contributed by atoms with van der Waals surface area (Å²) in [6.45, 7) is 0. The average Bonchev–Trinajstić information content (AvgIpc) is 2.59. The van der Waals surface area contributed by atoms with Gasteiger partial charge in [-0.1, -0.05) is 5.16 Å². The first-order chi connectivity index (χ1) is 6.33. The Bertz CT molecular complexity index is 348. The Hall–Kier alpha value is -0.880. The lowest BCUT2D eigenvalue weighted by atomic mass is 10.1. The SMILES string of the molecule is ON=CC1=CC=C(Br)N2SNC=C12. The van der Waals surface area contributed by atoms with E-state index in [-0.39, 0.29) is 0 Å². The fourth-order valence-corrected chi connectivity index (χ4v) is 2.30. The molecule has 2 aliphatic heterocycles. The third kappa shape index (κ3) is 1.47. The fourth-order valence-electron chi connectivity index (χ4n) is 1.08. The normalized spacial score (nSPS) is 20.7. The Morgan fingerprint density at radius 1 is 1.62 bits per heavy atom. The molecule has 0 atom stereocenters. The molecule has 0 amide bonds. The molecule has 2 N–H and O–H groups in total. The van der Waals surface area contributed by atoms with Crippen molar-refractivity contribution < 1.29 is 5.21 Å². The van der Waals surface area contributed by atoms with E-state index < -0.39 is 0 Å². The molecule has 0 aromatic rings. The lowest BCUT2D eigenvalue weighted by Crippen LogP contribution is -2.13. The molecule has 0 aromatic carbocycles. The average molecular weight is 260 g/mol. The van der Waals surface area contributed by atoms with Crippen LogP contribution in [0.5, 0.6) is 0 Å². The highest BCUT2D eigenvalue weighted by molar-refractivity contribution is 9.11. The summed E-state index contributed by atoms with van der Waals surface area (Å²) in [5, 5.41) is 11.4. The van der Waals surface area contributed by atoms with Crippen LogP contribution in [-0.4, -0.2) is 15.7 Å². The molecule has 2 rings (SSSR count). The summed E-state index contributed by atoms with van der Waals surface area (Å²) in [6, 6.07) is 0. The van der Waals surface area contributed by atoms with Gasteiger partial charge in [0.25, 0.3) is 0 Å². The first-order valence-electron chi connectivity index (χ1n) is 3.51. The highest BCUT2D eigenvalue weighted by atomic mass is 79.9. The monoisotopic (exact) mass is 259 g/mol. The molecule has 2 aliphatic rings. The van der Waals surface area contributed by atoms with Gasteiger partial charge in [0.2, 0.25) is 0 Å². The molecule has 0 fully saturated rings. The topological polar surface area (TPSA) is 47.9 Å². The van der Waals surface area contributed by atoms with Gasteiger partial charge in [0.15, 0.2) is 0 Å². The van der Waals surface area contributed by atoms with Crippen molar-refractivity contribution in [3.63, 3.8) is 0 Å². The summed E-state index contributed by atoms with van der Waals surface area (Å²) in [6.07, 6.45) is 7.03. The van der Waals surface area contributed by atoms with Gasteiger partial charge in [-0.2, -0.15) is 0 Å². The first kappa shape index (κ1) is 8.71. The molecular weight excluding hydrogens is 254 g/mol. The lowest BCUT2D eigenvalue weighted by molar-refractivity contribution is 0.321. The summed E-state index contributed by atoms with van der Waals surface area (Å²) in [4.78, 5) is 0. The Kier molecular flexibility index (Phi) is 2.32. The second-order valence-electron chi connectivity index (χ2n) is 2.39. The van der Waals surface area contributed by atoms with Crippen molar-refractivity contribution in [3.05, 3.63) is 34.2 Å². The van der Waals surface area contributed by atoms with Crippen LogP contribution in [0.25, 0.3) is 0 Å². The molecule has 0 saturated heterocycles. The minimum Gasteiger partial charge on any atom is -0.411 e. The lowest BCUT2D eigenvalue weighted by Gasteiger charge is -2.21. The summed E-state index contributed by atoms with van der Waals surface area (Å²) >= 11 is 4.86. The third-order valence-corrected chi connectivity index (χ3v) is 3.30. The minimum absolute atomic E-state index is 0.864. The van der Waals surface area contributed by atoms with E-state index in [0.29, 0.717) is 0 Å². The molecule has 0 saturated carbocycles. The number of oxime groups is 1. The van der Waals surface area contributed by atoms with E-state index in [0.717, 1.165) is 15.9 Å². The number of fused-ring (bicyclic) bond motifs is 1. The molecule has 13 heavy (non-hydrogen) atoms. The maximum atomic E-state index is 8.43. The molecule has 0 radical (unpaired) electrons. The van der Waals surface area contributed by atoms with Crippen LogP contribution < -0.4 is 4.72 Å². The number of halogens is 1. The van der Waals surface area contributed by atoms with E-state index in [4.69, 9.17) is 5.21 Å². The number of hydrogen-bond donors (Lipinski definition) is 2. The van der Waals surface area contributed by atoms with Gasteiger partial charge < -0.3 is 9.93 Å². The van der Waals surface area contributed by atoms with E-state index in [1.165, 1.54) is 18.3 Å². The van der Waals surface area contributed by atoms with Gasteiger partial charge in [0.05, 0.1) is 28.7 Å². The van der Waals surface area contributed by atoms with Gasteiger partial charge in [-0.05, 0) is 28.1 Å². The van der Waals surface area contributed by atoms with E-state index in [1.807, 2.05) is 22.7 Å². The zero-order valence-electron chi connectivity index (χ0n) is 6.44. The van der Waals surface area contributed by atoms with E-state index in [1.54, 1.807) is 0 Å². The van der Waals surface area contributed by atoms with Crippen LogP contribution in [0.1, 0.15) is 0 Å². The highest BCUT2D eigenvalue weighted by Crippen LogP contribution is 2.36. The first-order valence-corrected chi connectivity index (χ1v) is 5.07. The van der Waals surface area contributed by atoms with Crippen LogP contribution in [0.3, 0.4) is 0 Å². The number of rotatable bonds is 1. The molecule has 0 unspecified atom stereocenters. The second-order valence-corrected chi connectivity index (χ2v) is 3.98. The van der Waals surface area contributed by atoms with E-state index in [2.05, 4.69) is 25.8 Å². The van der Waals surface area contributed by atoms with Gasteiger partial charge in [-0.15, -0.1) is 0 Å². The largest absolute Gasteiger partial charge is 0.411 e. The van der Waals surface area contributed by atoms with Crippen molar-refractivity contribution >= 4 is 34.3 Å². The van der Waals surface area contributed by atoms with Crippen LogP contribution in [-0.2, 0) is 0 Å². The number of hydrogen-bond acceptors (Lipinski definition) is 5. The Balaban J connectivity index is 2.38. The van der Waals surface area contributed by atoms with E-state index in [9.17, 15) is 0 Å². The molecule has 0 aliphatic carbocycles. The predicted octanol–water partition coefficient (Wildman–Crippen LogP) is 1.93. The van der Waals surface area contributed by atoms with Gasteiger partial charge in [-0.3, -0.25) is 4.31 Å². The Morgan fingerprint density at radius 3 is 3.23 bits per heavy atom. The summed E-state index contributed by atoms with van der Waals surface area (Å²) in [5.74, 6) is 0. The van der Waals surface area contributed by atoms with Crippen molar-refractivity contribution in [1.82, 2.24) is 9.03 Å². The van der Waals surface area contributed by atoms with Crippen molar-refractivity contribution in [2.45, 2.75) is 0 Å². The van der Waals surface area contributed by atoms with Crippen molar-refractivity contribution in [2.75, 3.05) is 0 Å². The molecule has 0 spiro atoms. The Morgan fingerprint density at radius 2 is 2.46 bits per heavy atom. The van der Waals surface area contributed by atoms with Crippen molar-refractivity contribution in [1.29, 1.82) is 0 Å². The summed E-state index contributed by atoms with van der Waals surface area (Å²) in [7, 11) is 0. The van der Waals surface area contributed by atoms with Crippen molar-refractivity contribution in [3.8, 4) is 0 Å². The number of nitrogens with zero attached hydrogens (tertiary/aromatic N) is 2. The highest BCUT2D eigenvalue weighted by Gasteiger charge is 2.23. The quantitative estimate of drug-likeness (QED) is 0.249. The van der Waals surface area contributed by atoms with Crippen LogP contribution in [0.2, 0.25) is 0 Å². The summed E-state index contributed by atoms with van der Waals surface area (Å²) < 4.78 is 5.93. The van der Waals surface area contributed by atoms with Crippen LogP contribution in [0, 0.1) is 0 Å². The molecule has 2 heterocycles. The maximum absolute atomic E-state index is 8.43. The van der Waals surface area contributed by atoms with Crippen molar-refractivity contribution in [2.24, 2.45) is 5.16 Å². The van der Waals surface area contributed by atoms with Gasteiger partial charge in [0, 0.05) is 11.8 Å². The number of allylic oxidation sites excluding steroid dienone is 3. The van der Waals surface area contributed by atoms with E-state index >= 15 is 0 Å². The minimum atomic E-state index is 0.864. The van der Waals surface area contributed by atoms with Crippen LogP contribution in [0.4, 0.5) is 0 Å². The zero-order valence-corrected chi connectivity index (χ0v) is 8.84. The predicted molar refractivity (Wildman–Crippen MR) is 56.0 cm³/mol. The Labute approximate surface area is 88.1 Å². The molecular formula is C7H6BrN3OS. The molecule has 0 aromatic heterocycles. The second kappa shape index (κ2) is 3.47. The zero-order chi connectivity index (χ0) is 9.26. The summed E-state index contributed by atoms with van der Waals surface area (Å²) in [5.41, 5.74) is 1.83. The smallest absolute Gasteiger partial charge is 0.0972 e. The molecule has 68 valence electrons. The standard InChI is InChI=1S/C7H6BrN3OS/c8-7-2-1-5(3-9-12)6-4-10-13-11(6)7/h1-4,10,12H. The fraction of sp³-hybridized carbons (Fsp3) is 0. The van der Waals surface area contributed by atoms with Gasteiger partial charge in [0.1, 0.15) is 0 Å². The molecule has 6 heteroatoms. The third-order valence-electron chi connectivity index (χ3n) is 1.65. The van der Waals surface area contributed by atoms with Crippen LogP contribution >= 0.6 is 28.1 Å².